The number of hydrogen-bond acceptors (Lipinski definition) is 2. The average Bonchev–Trinajstić information content (AvgIpc) is 3.00. The van der Waals surface area contributed by atoms with E-state index < -0.39 is 0 Å². The largest absolute Gasteiger partial charge is 0.319 e. The molecule has 0 unspecified atom stereocenters. The highest BCUT2D eigenvalue weighted by atomic mass is 19.1. The fourth-order valence-electron chi connectivity index (χ4n) is 3.47. The summed E-state index contributed by atoms with van der Waals surface area (Å²) < 4.78 is 13.1. The van der Waals surface area contributed by atoms with E-state index in [0.717, 1.165) is 18.8 Å². The first-order valence-corrected chi connectivity index (χ1v) is 8.41. The average molecular weight is 302 g/mol. The Hall–Kier alpha value is -1.71. The van der Waals surface area contributed by atoms with Gasteiger partial charge in [0.2, 0.25) is 0 Å². The highest BCUT2D eigenvalue weighted by Crippen LogP contribution is 2.29. The van der Waals surface area contributed by atoms with E-state index in [1.54, 1.807) is 6.07 Å². The number of hydrogen-bond donors (Lipinski definition) is 1. The van der Waals surface area contributed by atoms with E-state index in [-0.39, 0.29) is 11.4 Å². The summed E-state index contributed by atoms with van der Waals surface area (Å²) in [6.07, 6.45) is 11.1. The fraction of sp³-hybridized carbons (Fsp3) is 0.556. The highest BCUT2D eigenvalue weighted by molar-refractivity contribution is 5.73. The zero-order valence-corrected chi connectivity index (χ0v) is 12.9. The van der Waals surface area contributed by atoms with Crippen molar-refractivity contribution in [3.63, 3.8) is 0 Å². The van der Waals surface area contributed by atoms with Crippen molar-refractivity contribution in [1.82, 2.24) is 9.97 Å². The van der Waals surface area contributed by atoms with Crippen LogP contribution in [0.5, 0.6) is 0 Å². The van der Waals surface area contributed by atoms with Crippen LogP contribution in [0.25, 0.3) is 11.0 Å². The third-order valence-electron chi connectivity index (χ3n) is 4.73. The molecule has 22 heavy (non-hydrogen) atoms. The first-order chi connectivity index (χ1) is 10.7. The van der Waals surface area contributed by atoms with Gasteiger partial charge in [-0.15, -0.1) is 0 Å². The van der Waals surface area contributed by atoms with Gasteiger partial charge in [0.25, 0.3) is 5.56 Å². The second-order valence-electron chi connectivity index (χ2n) is 6.42. The Kier molecular flexibility index (Phi) is 4.86. The number of aromatic nitrogens is 2. The molecular formula is C18H23FN2O. The maximum Gasteiger partial charge on any atom is 0.270 e. The molecule has 0 atom stereocenters. The van der Waals surface area contributed by atoms with Gasteiger partial charge in [-0.05, 0) is 37.0 Å². The van der Waals surface area contributed by atoms with Crippen molar-refractivity contribution in [2.45, 2.75) is 57.8 Å². The van der Waals surface area contributed by atoms with Gasteiger partial charge >= 0.3 is 0 Å². The SMILES string of the molecule is O=c1[nH]c2cc(F)ccc2nc1CCCCCC1CCCC1. The van der Waals surface area contributed by atoms with Gasteiger partial charge in [0.1, 0.15) is 11.5 Å². The maximum absolute atomic E-state index is 13.1. The lowest BCUT2D eigenvalue weighted by Crippen LogP contribution is -2.15. The number of aryl methyl sites for hydroxylation is 1. The molecule has 1 aliphatic rings. The Morgan fingerprint density at radius 2 is 2.00 bits per heavy atom. The monoisotopic (exact) mass is 302 g/mol. The van der Waals surface area contributed by atoms with Gasteiger partial charge < -0.3 is 4.98 Å². The summed E-state index contributed by atoms with van der Waals surface area (Å²) in [5.41, 5.74) is 1.51. The first-order valence-electron chi connectivity index (χ1n) is 8.41. The van der Waals surface area contributed by atoms with Crippen LogP contribution in [0.4, 0.5) is 4.39 Å². The minimum Gasteiger partial charge on any atom is -0.319 e. The van der Waals surface area contributed by atoms with Crippen molar-refractivity contribution < 1.29 is 4.39 Å². The molecule has 0 bridgehead atoms. The van der Waals surface area contributed by atoms with Gasteiger partial charge in [0.15, 0.2) is 0 Å². The minimum absolute atomic E-state index is 0.186. The Balaban J connectivity index is 1.53. The molecule has 1 heterocycles. The molecule has 1 aromatic carbocycles. The second kappa shape index (κ2) is 7.03. The van der Waals surface area contributed by atoms with Crippen LogP contribution < -0.4 is 5.56 Å². The summed E-state index contributed by atoms with van der Waals surface area (Å²) in [6, 6.07) is 4.30. The molecule has 0 saturated heterocycles. The van der Waals surface area contributed by atoms with Crippen molar-refractivity contribution in [3.05, 3.63) is 40.1 Å². The molecule has 3 nitrogen and oxygen atoms in total. The minimum atomic E-state index is -0.357. The lowest BCUT2D eigenvalue weighted by molar-refractivity contribution is 0.467. The number of rotatable bonds is 6. The smallest absolute Gasteiger partial charge is 0.270 e. The van der Waals surface area contributed by atoms with Crippen LogP contribution >= 0.6 is 0 Å². The molecule has 1 fully saturated rings. The van der Waals surface area contributed by atoms with Gasteiger partial charge in [0, 0.05) is 0 Å². The molecule has 118 valence electrons. The van der Waals surface area contributed by atoms with Gasteiger partial charge in [-0.1, -0.05) is 44.9 Å². The van der Waals surface area contributed by atoms with Crippen LogP contribution in [-0.4, -0.2) is 9.97 Å². The lowest BCUT2D eigenvalue weighted by Gasteiger charge is -2.08. The van der Waals surface area contributed by atoms with Crippen LogP contribution in [0, 0.1) is 11.7 Å². The van der Waals surface area contributed by atoms with Crippen molar-refractivity contribution >= 4 is 11.0 Å². The van der Waals surface area contributed by atoms with E-state index in [1.165, 1.54) is 50.7 Å². The van der Waals surface area contributed by atoms with Gasteiger partial charge in [-0.3, -0.25) is 4.79 Å². The molecule has 0 amide bonds. The molecule has 0 aliphatic heterocycles. The van der Waals surface area contributed by atoms with Crippen LogP contribution in [0.2, 0.25) is 0 Å². The summed E-state index contributed by atoms with van der Waals surface area (Å²) in [5.74, 6) is 0.585. The molecule has 0 spiro atoms. The van der Waals surface area contributed by atoms with E-state index in [2.05, 4.69) is 9.97 Å². The normalized spacial score (nSPS) is 15.7. The number of H-pyrrole nitrogens is 1. The zero-order chi connectivity index (χ0) is 15.4. The summed E-state index contributed by atoms with van der Waals surface area (Å²) in [6.45, 7) is 0. The molecular weight excluding hydrogens is 279 g/mol. The van der Waals surface area contributed by atoms with Crippen molar-refractivity contribution in [3.8, 4) is 0 Å². The van der Waals surface area contributed by atoms with E-state index in [4.69, 9.17) is 0 Å². The molecule has 1 saturated carbocycles. The standard InChI is InChI=1S/C18H23FN2O/c19-14-10-11-15-17(12-14)21-18(22)16(20-15)9-3-1-2-6-13-7-4-5-8-13/h10-13H,1-9H2,(H,21,22). The third kappa shape index (κ3) is 3.73. The van der Waals surface area contributed by atoms with Crippen molar-refractivity contribution in [2.24, 2.45) is 5.92 Å². The molecule has 4 heteroatoms. The number of unbranched alkanes of at least 4 members (excludes halogenated alkanes) is 2. The van der Waals surface area contributed by atoms with E-state index >= 15 is 0 Å². The van der Waals surface area contributed by atoms with Crippen LogP contribution in [-0.2, 0) is 6.42 Å². The number of nitrogens with zero attached hydrogens (tertiary/aromatic N) is 1. The fourth-order valence-corrected chi connectivity index (χ4v) is 3.47. The second-order valence-corrected chi connectivity index (χ2v) is 6.42. The van der Waals surface area contributed by atoms with Gasteiger partial charge in [0.05, 0.1) is 11.0 Å². The summed E-state index contributed by atoms with van der Waals surface area (Å²) >= 11 is 0. The van der Waals surface area contributed by atoms with E-state index in [1.807, 2.05) is 0 Å². The molecule has 0 radical (unpaired) electrons. The van der Waals surface area contributed by atoms with Crippen LogP contribution in [0.3, 0.4) is 0 Å². The zero-order valence-electron chi connectivity index (χ0n) is 12.9. The molecule has 3 rings (SSSR count). The summed E-state index contributed by atoms with van der Waals surface area (Å²) in [7, 11) is 0. The number of nitrogens with one attached hydrogen (secondary N) is 1. The summed E-state index contributed by atoms with van der Waals surface area (Å²) in [5, 5.41) is 0. The molecule has 2 aromatic rings. The highest BCUT2D eigenvalue weighted by Gasteiger charge is 2.14. The third-order valence-corrected chi connectivity index (χ3v) is 4.73. The first kappa shape index (κ1) is 15.2. The van der Waals surface area contributed by atoms with Gasteiger partial charge in [-0.25, -0.2) is 9.37 Å². The van der Waals surface area contributed by atoms with Gasteiger partial charge in [-0.2, -0.15) is 0 Å². The Morgan fingerprint density at radius 1 is 1.18 bits per heavy atom. The van der Waals surface area contributed by atoms with Crippen LogP contribution in [0.1, 0.15) is 57.1 Å². The maximum atomic E-state index is 13.1. The Morgan fingerprint density at radius 3 is 2.82 bits per heavy atom. The Labute approximate surface area is 130 Å². The Bertz CT molecular complexity index is 689. The van der Waals surface area contributed by atoms with E-state index in [9.17, 15) is 9.18 Å². The summed E-state index contributed by atoms with van der Waals surface area (Å²) in [4.78, 5) is 19.1. The number of benzene rings is 1. The van der Waals surface area contributed by atoms with Crippen molar-refractivity contribution in [1.29, 1.82) is 0 Å². The quantitative estimate of drug-likeness (QED) is 0.806. The van der Waals surface area contributed by atoms with Crippen molar-refractivity contribution in [2.75, 3.05) is 0 Å². The molecule has 1 N–H and O–H groups in total. The van der Waals surface area contributed by atoms with E-state index in [0.29, 0.717) is 23.1 Å². The van der Waals surface area contributed by atoms with Crippen LogP contribution in [0.15, 0.2) is 23.0 Å². The number of aromatic amines is 1. The predicted molar refractivity (Wildman–Crippen MR) is 86.5 cm³/mol. The lowest BCUT2D eigenvalue weighted by atomic mass is 9.99. The molecule has 1 aromatic heterocycles. The number of halogens is 1. The molecule has 1 aliphatic carbocycles. The number of fused-ring (bicyclic) bond motifs is 1. The predicted octanol–water partition coefficient (Wildman–Crippen LogP) is 4.36. The topological polar surface area (TPSA) is 45.8 Å².